The second-order valence-corrected chi connectivity index (χ2v) is 8.44. The normalized spacial score (nSPS) is 30.0. The van der Waals surface area contributed by atoms with Crippen molar-refractivity contribution in [1.82, 2.24) is 4.90 Å². The van der Waals surface area contributed by atoms with Crippen LogP contribution in [-0.2, 0) is 19.9 Å². The molecule has 0 bridgehead atoms. The van der Waals surface area contributed by atoms with Crippen LogP contribution in [0.15, 0.2) is 29.0 Å². The summed E-state index contributed by atoms with van der Waals surface area (Å²) < 4.78 is 30.0. The number of carbonyl (C=O) groups is 1. The molecule has 3 heterocycles. The molecule has 2 saturated heterocycles. The Morgan fingerprint density at radius 2 is 2.23 bits per heavy atom. The Bertz CT molecular complexity index is 917. The Balaban J connectivity index is 1.70. The van der Waals surface area contributed by atoms with Crippen LogP contribution < -0.4 is 4.74 Å². The molecule has 1 N–H and O–H groups in total. The van der Waals surface area contributed by atoms with Crippen molar-refractivity contribution >= 4 is 17.9 Å². The predicted octanol–water partition coefficient (Wildman–Crippen LogP) is 2.93. The second kappa shape index (κ2) is 8.59. The Labute approximate surface area is 181 Å². The number of ether oxygens (including phenoxy) is 3. The lowest BCUT2D eigenvalue weighted by molar-refractivity contribution is -0.128. The van der Waals surface area contributed by atoms with Crippen molar-refractivity contribution < 1.29 is 28.5 Å². The van der Waals surface area contributed by atoms with E-state index in [1.807, 2.05) is 0 Å². The Kier molecular flexibility index (Phi) is 6.03. The van der Waals surface area contributed by atoms with Gasteiger partial charge in [-0.25, -0.2) is 4.39 Å². The van der Waals surface area contributed by atoms with Crippen molar-refractivity contribution in [3.05, 3.63) is 35.3 Å². The molecule has 0 saturated carbocycles. The van der Waals surface area contributed by atoms with Gasteiger partial charge in [0.05, 0.1) is 43.5 Å². The summed E-state index contributed by atoms with van der Waals surface area (Å²) in [5.74, 6) is 0.0248. The van der Waals surface area contributed by atoms with Gasteiger partial charge in [-0.1, -0.05) is 13.3 Å². The quantitative estimate of drug-likeness (QED) is 0.527. The second-order valence-electron chi connectivity index (χ2n) is 8.44. The lowest BCUT2D eigenvalue weighted by Gasteiger charge is -2.50. The van der Waals surface area contributed by atoms with Crippen molar-refractivity contribution in [3.63, 3.8) is 0 Å². The van der Waals surface area contributed by atoms with Crippen LogP contribution in [-0.4, -0.2) is 62.1 Å². The monoisotopic (exact) mass is 432 g/mol. The summed E-state index contributed by atoms with van der Waals surface area (Å²) >= 11 is 0. The summed E-state index contributed by atoms with van der Waals surface area (Å²) in [6, 6.07) is 2.82. The summed E-state index contributed by atoms with van der Waals surface area (Å²) in [4.78, 5) is 17.9. The fourth-order valence-electron chi connectivity index (χ4n) is 5.55. The summed E-state index contributed by atoms with van der Waals surface area (Å²) in [6.45, 7) is 4.28. The number of hydrogen-bond acceptors (Lipinski definition) is 7. The average Bonchev–Trinajstić information content (AvgIpc) is 3.09. The molecule has 0 unspecified atom stereocenters. The molecule has 1 aromatic carbocycles. The molecule has 2 fully saturated rings. The molecule has 4 rings (SSSR count). The Hall–Kier alpha value is -2.45. The minimum Gasteiger partial charge on any atom is -0.504 e. The molecule has 0 radical (unpaired) electrons. The van der Waals surface area contributed by atoms with Crippen LogP contribution in [0.5, 0.6) is 5.75 Å². The van der Waals surface area contributed by atoms with Gasteiger partial charge in [-0.05, 0) is 36.8 Å². The van der Waals surface area contributed by atoms with E-state index in [4.69, 9.17) is 19.2 Å². The van der Waals surface area contributed by atoms with Crippen molar-refractivity contribution in [1.29, 1.82) is 0 Å². The van der Waals surface area contributed by atoms with Gasteiger partial charge in [-0.15, -0.1) is 0 Å². The van der Waals surface area contributed by atoms with Crippen LogP contribution >= 0.6 is 0 Å². The topological polar surface area (TPSA) is 80.6 Å². The van der Waals surface area contributed by atoms with E-state index in [0.717, 1.165) is 18.5 Å². The number of hydrogen-bond donors (Lipinski definition) is 1. The number of fused-ring (bicyclic) bond motifs is 5. The number of methoxy groups -OCH3 is 2. The molecule has 7 nitrogen and oxygen atoms in total. The zero-order valence-corrected chi connectivity index (χ0v) is 18.1. The fraction of sp³-hybridized carbons (Fsp3) is 0.565. The first-order valence-electron chi connectivity index (χ1n) is 10.7. The van der Waals surface area contributed by atoms with Crippen molar-refractivity contribution in [3.8, 4) is 5.75 Å². The van der Waals surface area contributed by atoms with E-state index in [1.54, 1.807) is 19.4 Å². The van der Waals surface area contributed by atoms with Crippen molar-refractivity contribution in [2.75, 3.05) is 33.9 Å². The van der Waals surface area contributed by atoms with E-state index in [2.05, 4.69) is 11.8 Å². The minimum absolute atomic E-state index is 0.0605. The van der Waals surface area contributed by atoms with Gasteiger partial charge >= 0.3 is 0 Å². The standard InChI is InChI=1S/C23H29FN2O5/c1-4-14-10-26-8-7-23(28)20-18(6-5-17(24)21(20)30-3)25-22(23)19(26)9-16(14)15(11-29-2)12-31-13-27/h5-6,11,13-14,16,19,28H,4,7-10,12H2,1-3H3/b15-11-/t14-,16+,19+,23+/m1/s1. The summed E-state index contributed by atoms with van der Waals surface area (Å²) in [6.07, 6.45) is 3.76. The lowest BCUT2D eigenvalue weighted by atomic mass is 9.70. The maximum absolute atomic E-state index is 14.4. The maximum Gasteiger partial charge on any atom is 0.293 e. The summed E-state index contributed by atoms with van der Waals surface area (Å²) in [5.41, 5.74) is 1.19. The predicted molar refractivity (Wildman–Crippen MR) is 113 cm³/mol. The zero-order valence-electron chi connectivity index (χ0n) is 18.1. The van der Waals surface area contributed by atoms with Gasteiger partial charge in [0.25, 0.3) is 6.47 Å². The number of benzene rings is 1. The van der Waals surface area contributed by atoms with E-state index in [9.17, 15) is 14.3 Å². The molecule has 0 aromatic heterocycles. The largest absolute Gasteiger partial charge is 0.504 e. The van der Waals surface area contributed by atoms with Crippen molar-refractivity contribution in [2.45, 2.75) is 37.8 Å². The third-order valence-corrected chi connectivity index (χ3v) is 6.99. The van der Waals surface area contributed by atoms with Gasteiger partial charge in [0, 0.05) is 18.7 Å². The average molecular weight is 432 g/mol. The highest BCUT2D eigenvalue weighted by Crippen LogP contribution is 2.52. The lowest BCUT2D eigenvalue weighted by Crippen LogP contribution is -2.60. The summed E-state index contributed by atoms with van der Waals surface area (Å²) in [5, 5.41) is 11.7. The zero-order chi connectivity index (χ0) is 22.2. The number of nitrogens with zero attached hydrogens (tertiary/aromatic N) is 2. The SMILES string of the molecule is CC[C@@H]1CN2CC[C@@]3(O)C(=Nc4ccc(F)c(OC)c43)[C@@H]2C[C@@H]1/C(=C\OC)COC=O. The van der Waals surface area contributed by atoms with Crippen LogP contribution in [0.1, 0.15) is 31.7 Å². The molecule has 1 aromatic rings. The van der Waals surface area contributed by atoms with Gasteiger partial charge in [-0.2, -0.15) is 0 Å². The maximum atomic E-state index is 14.4. The summed E-state index contributed by atoms with van der Waals surface area (Å²) in [7, 11) is 2.99. The molecule has 8 heteroatoms. The first-order chi connectivity index (χ1) is 15.0. The third kappa shape index (κ3) is 3.51. The van der Waals surface area contributed by atoms with Gasteiger partial charge in [-0.3, -0.25) is 14.7 Å². The van der Waals surface area contributed by atoms with Gasteiger partial charge in [0.15, 0.2) is 11.6 Å². The molecule has 0 aliphatic carbocycles. The van der Waals surface area contributed by atoms with Gasteiger partial charge in [0.1, 0.15) is 12.2 Å². The highest BCUT2D eigenvalue weighted by atomic mass is 19.1. The molecule has 168 valence electrons. The number of carbonyl (C=O) groups excluding carboxylic acids is 1. The van der Waals surface area contributed by atoms with E-state index >= 15 is 0 Å². The number of aliphatic imine (C=N–C) groups is 1. The molecule has 4 atom stereocenters. The van der Waals surface area contributed by atoms with Crippen LogP contribution in [0.3, 0.4) is 0 Å². The number of aliphatic hydroxyl groups is 1. The van der Waals surface area contributed by atoms with Crippen LogP contribution in [0.2, 0.25) is 0 Å². The highest BCUT2D eigenvalue weighted by Gasteiger charge is 2.54. The van der Waals surface area contributed by atoms with E-state index in [1.165, 1.54) is 13.2 Å². The van der Waals surface area contributed by atoms with E-state index in [0.29, 0.717) is 48.7 Å². The number of rotatable bonds is 7. The smallest absolute Gasteiger partial charge is 0.293 e. The first kappa shape index (κ1) is 21.8. The number of piperidine rings is 2. The first-order valence-corrected chi connectivity index (χ1v) is 10.7. The molecule has 0 amide bonds. The van der Waals surface area contributed by atoms with Crippen molar-refractivity contribution in [2.24, 2.45) is 16.8 Å². The third-order valence-electron chi connectivity index (χ3n) is 6.99. The number of halogens is 1. The molecular formula is C23H29FN2O5. The van der Waals surface area contributed by atoms with Crippen LogP contribution in [0, 0.1) is 17.7 Å². The Morgan fingerprint density at radius 1 is 1.42 bits per heavy atom. The molecule has 3 aliphatic heterocycles. The van der Waals surface area contributed by atoms with Gasteiger partial charge < -0.3 is 19.3 Å². The minimum atomic E-state index is -1.35. The van der Waals surface area contributed by atoms with E-state index < -0.39 is 11.4 Å². The fourth-order valence-corrected chi connectivity index (χ4v) is 5.55. The van der Waals surface area contributed by atoms with Crippen LogP contribution in [0.25, 0.3) is 0 Å². The molecule has 3 aliphatic rings. The van der Waals surface area contributed by atoms with Gasteiger partial charge in [0.2, 0.25) is 0 Å². The Morgan fingerprint density at radius 3 is 2.90 bits per heavy atom. The highest BCUT2D eigenvalue weighted by molar-refractivity contribution is 6.05. The molecule has 0 spiro atoms. The molecule has 31 heavy (non-hydrogen) atoms. The van der Waals surface area contributed by atoms with E-state index in [-0.39, 0.29) is 24.3 Å². The van der Waals surface area contributed by atoms with Crippen LogP contribution in [0.4, 0.5) is 10.1 Å². The molecular weight excluding hydrogens is 403 g/mol.